The number of ether oxygens (including phenoxy) is 1. The number of benzene rings is 1. The molecule has 0 saturated heterocycles. The molecule has 1 atom stereocenters. The van der Waals surface area contributed by atoms with Crippen molar-refractivity contribution in [1.82, 2.24) is 24.5 Å². The lowest BCUT2D eigenvalue weighted by Gasteiger charge is -2.25. The van der Waals surface area contributed by atoms with Crippen LogP contribution in [0.15, 0.2) is 29.3 Å². The molecule has 0 fully saturated rings. The smallest absolute Gasteiger partial charge is 0.180 e. The first-order valence-electron chi connectivity index (χ1n) is 8.94. The van der Waals surface area contributed by atoms with Crippen LogP contribution < -0.4 is 5.32 Å². The Balaban J connectivity index is 1.97. The van der Waals surface area contributed by atoms with Crippen molar-refractivity contribution in [2.45, 2.75) is 26.4 Å². The number of hydrogen-bond donors (Lipinski definition) is 1. The van der Waals surface area contributed by atoms with Crippen LogP contribution in [0.25, 0.3) is 5.00 Å². The van der Waals surface area contributed by atoms with Gasteiger partial charge in [0.1, 0.15) is 10.8 Å². The van der Waals surface area contributed by atoms with Crippen LogP contribution in [0.1, 0.15) is 35.4 Å². The molecule has 28 heavy (non-hydrogen) atoms. The van der Waals surface area contributed by atoms with Crippen LogP contribution in [-0.4, -0.2) is 45.1 Å². The molecule has 7 nitrogen and oxygen atoms in total. The predicted octanol–water partition coefficient (Wildman–Crippen LogP) is 3.25. The van der Waals surface area contributed by atoms with Crippen molar-refractivity contribution in [2.75, 3.05) is 20.3 Å². The Hall–Kier alpha value is -2.13. The fourth-order valence-corrected chi connectivity index (χ4v) is 4.44. The second-order valence-electron chi connectivity index (χ2n) is 6.81. The van der Waals surface area contributed by atoms with Crippen molar-refractivity contribution in [3.05, 3.63) is 57.8 Å². The Labute approximate surface area is 172 Å². The van der Waals surface area contributed by atoms with E-state index in [1.807, 2.05) is 49.6 Å². The van der Waals surface area contributed by atoms with Crippen LogP contribution in [-0.2, 0) is 10.4 Å². The fraction of sp³-hybridized carbons (Fsp3) is 0.368. The molecule has 146 valence electrons. The zero-order valence-corrected chi connectivity index (χ0v) is 17.7. The Morgan fingerprint density at radius 3 is 2.68 bits per heavy atom. The average molecular weight is 417 g/mol. The summed E-state index contributed by atoms with van der Waals surface area (Å²) >= 11 is 7.54. The summed E-state index contributed by atoms with van der Waals surface area (Å²) < 4.78 is 11.9. The SMILES string of the molecule is COCCNC1(C)N=C(c2ccc(Cl)cc2)c2c(C)nsc2-n2c(C)nnc21. The van der Waals surface area contributed by atoms with E-state index in [0.29, 0.717) is 18.2 Å². The Morgan fingerprint density at radius 2 is 1.96 bits per heavy atom. The quantitative estimate of drug-likeness (QED) is 0.646. The maximum Gasteiger partial charge on any atom is 0.180 e. The highest BCUT2D eigenvalue weighted by Crippen LogP contribution is 2.36. The molecular weight excluding hydrogens is 396 g/mol. The molecule has 1 aliphatic heterocycles. The van der Waals surface area contributed by atoms with E-state index < -0.39 is 5.66 Å². The number of hydrogen-bond acceptors (Lipinski definition) is 7. The number of aliphatic imine (C=N–C) groups is 1. The van der Waals surface area contributed by atoms with Gasteiger partial charge in [-0.05, 0) is 44.4 Å². The van der Waals surface area contributed by atoms with E-state index in [-0.39, 0.29) is 0 Å². The normalized spacial score (nSPS) is 18.4. The lowest BCUT2D eigenvalue weighted by molar-refractivity contribution is 0.185. The third-order valence-corrected chi connectivity index (χ3v) is 5.95. The number of rotatable bonds is 5. The van der Waals surface area contributed by atoms with Gasteiger partial charge in [0.25, 0.3) is 0 Å². The minimum Gasteiger partial charge on any atom is -0.383 e. The van der Waals surface area contributed by atoms with Crippen LogP contribution >= 0.6 is 23.1 Å². The van der Waals surface area contributed by atoms with Gasteiger partial charge in [-0.2, -0.15) is 4.37 Å². The van der Waals surface area contributed by atoms with Crippen molar-refractivity contribution in [1.29, 1.82) is 0 Å². The third kappa shape index (κ3) is 3.16. The number of aromatic nitrogens is 4. The molecule has 9 heteroatoms. The maximum atomic E-state index is 6.11. The highest BCUT2D eigenvalue weighted by Gasteiger charge is 2.38. The minimum atomic E-state index is -0.778. The molecule has 1 aromatic carbocycles. The van der Waals surface area contributed by atoms with E-state index in [4.69, 9.17) is 21.3 Å². The average Bonchev–Trinajstić information content (AvgIpc) is 3.20. The highest BCUT2D eigenvalue weighted by molar-refractivity contribution is 7.09. The van der Waals surface area contributed by atoms with Crippen LogP contribution in [0.3, 0.4) is 0 Å². The van der Waals surface area contributed by atoms with Gasteiger partial charge in [0, 0.05) is 24.2 Å². The van der Waals surface area contributed by atoms with Gasteiger partial charge < -0.3 is 4.74 Å². The fourth-order valence-electron chi connectivity index (χ4n) is 3.36. The summed E-state index contributed by atoms with van der Waals surface area (Å²) in [7, 11) is 1.68. The van der Waals surface area contributed by atoms with Gasteiger partial charge in [0.15, 0.2) is 11.5 Å². The molecule has 3 aromatic rings. The zero-order chi connectivity index (χ0) is 19.9. The molecule has 0 bridgehead atoms. The van der Waals surface area contributed by atoms with E-state index in [1.165, 1.54) is 11.5 Å². The lowest BCUT2D eigenvalue weighted by atomic mass is 10.0. The second-order valence-corrected chi connectivity index (χ2v) is 8.00. The van der Waals surface area contributed by atoms with Gasteiger partial charge in [-0.15, -0.1) is 10.2 Å². The van der Waals surface area contributed by atoms with E-state index in [0.717, 1.165) is 39.2 Å². The first kappa shape index (κ1) is 19.2. The highest BCUT2D eigenvalue weighted by atomic mass is 35.5. The topological polar surface area (TPSA) is 77.2 Å². The van der Waals surface area contributed by atoms with Crippen molar-refractivity contribution in [3.63, 3.8) is 0 Å². The maximum absolute atomic E-state index is 6.11. The summed E-state index contributed by atoms with van der Waals surface area (Å²) in [5, 5.41) is 13.9. The first-order chi connectivity index (χ1) is 13.4. The van der Waals surface area contributed by atoms with Crippen LogP contribution in [0.5, 0.6) is 0 Å². The summed E-state index contributed by atoms with van der Waals surface area (Å²) in [5.74, 6) is 1.53. The van der Waals surface area contributed by atoms with Crippen molar-refractivity contribution in [3.8, 4) is 5.00 Å². The van der Waals surface area contributed by atoms with Gasteiger partial charge in [-0.25, -0.2) is 0 Å². The standard InChI is InChI=1S/C19H21ClN6OS/c1-11-15-16(13-5-7-14(20)8-6-13)22-19(3,21-9-10-27-4)18-24-23-12(2)26(18)17(15)28-25-11/h5-8,21H,9-10H2,1-4H3. The third-order valence-electron chi connectivity index (χ3n) is 4.77. The van der Waals surface area contributed by atoms with Gasteiger partial charge in [0.2, 0.25) is 0 Å². The monoisotopic (exact) mass is 416 g/mol. The van der Waals surface area contributed by atoms with Crippen molar-refractivity contribution >= 4 is 28.8 Å². The number of fused-ring (bicyclic) bond motifs is 3. The molecule has 0 aliphatic carbocycles. The first-order valence-corrected chi connectivity index (χ1v) is 10.1. The summed E-state index contributed by atoms with van der Waals surface area (Å²) in [6.45, 7) is 7.15. The van der Waals surface area contributed by atoms with Crippen molar-refractivity contribution in [2.24, 2.45) is 4.99 Å². The van der Waals surface area contributed by atoms with Gasteiger partial charge >= 0.3 is 0 Å². The van der Waals surface area contributed by atoms with Crippen LogP contribution in [0, 0.1) is 13.8 Å². The summed E-state index contributed by atoms with van der Waals surface area (Å²) in [6, 6.07) is 7.72. The molecule has 2 aromatic heterocycles. The lowest BCUT2D eigenvalue weighted by Crippen LogP contribution is -2.42. The van der Waals surface area contributed by atoms with E-state index in [1.54, 1.807) is 7.11 Å². The van der Waals surface area contributed by atoms with Gasteiger partial charge in [0.05, 0.1) is 23.6 Å². The number of halogens is 1. The molecule has 3 heterocycles. The zero-order valence-electron chi connectivity index (χ0n) is 16.2. The van der Waals surface area contributed by atoms with Crippen LogP contribution in [0.2, 0.25) is 5.02 Å². The number of aryl methyl sites for hydroxylation is 2. The van der Waals surface area contributed by atoms with E-state index in [9.17, 15) is 0 Å². The largest absolute Gasteiger partial charge is 0.383 e. The Bertz CT molecular complexity index is 1040. The molecule has 0 amide bonds. The molecule has 0 saturated carbocycles. The molecular formula is C19H21ClN6OS. The van der Waals surface area contributed by atoms with E-state index in [2.05, 4.69) is 19.9 Å². The molecule has 0 radical (unpaired) electrons. The number of nitrogens with one attached hydrogen (secondary N) is 1. The van der Waals surface area contributed by atoms with Crippen LogP contribution in [0.4, 0.5) is 0 Å². The molecule has 4 rings (SSSR count). The predicted molar refractivity (Wildman–Crippen MR) is 111 cm³/mol. The Kier molecular flexibility index (Phi) is 5.05. The molecule has 1 N–H and O–H groups in total. The Morgan fingerprint density at radius 1 is 1.21 bits per heavy atom. The van der Waals surface area contributed by atoms with E-state index >= 15 is 0 Å². The number of nitrogens with zero attached hydrogens (tertiary/aromatic N) is 5. The second kappa shape index (κ2) is 7.36. The summed E-state index contributed by atoms with van der Waals surface area (Å²) in [5.41, 5.74) is 2.97. The van der Waals surface area contributed by atoms with Crippen molar-refractivity contribution < 1.29 is 4.74 Å². The van der Waals surface area contributed by atoms with Gasteiger partial charge in [-0.1, -0.05) is 23.7 Å². The molecule has 0 spiro atoms. The molecule has 1 unspecified atom stereocenters. The minimum absolute atomic E-state index is 0.566. The number of methoxy groups -OCH3 is 1. The summed E-state index contributed by atoms with van der Waals surface area (Å²) in [4.78, 5) is 5.16. The van der Waals surface area contributed by atoms with Gasteiger partial charge in [-0.3, -0.25) is 14.9 Å². The summed E-state index contributed by atoms with van der Waals surface area (Å²) in [6.07, 6.45) is 0. The molecule has 1 aliphatic rings.